The number of amides is 1. The summed E-state index contributed by atoms with van der Waals surface area (Å²) in [6, 6.07) is 3.54. The Hall–Kier alpha value is -1.49. The van der Waals surface area contributed by atoms with Gasteiger partial charge in [-0.05, 0) is 39.7 Å². The molecule has 1 aromatic rings. The summed E-state index contributed by atoms with van der Waals surface area (Å²) in [7, 11) is 3.11. The third-order valence-corrected chi connectivity index (χ3v) is 2.69. The Labute approximate surface area is 102 Å². The van der Waals surface area contributed by atoms with Crippen molar-refractivity contribution in [2.24, 2.45) is 5.73 Å². The van der Waals surface area contributed by atoms with Gasteiger partial charge in [-0.3, -0.25) is 4.79 Å². The van der Waals surface area contributed by atoms with E-state index in [9.17, 15) is 4.79 Å². The minimum atomic E-state index is -0.499. The third-order valence-electron chi connectivity index (χ3n) is 1.91. The van der Waals surface area contributed by atoms with Gasteiger partial charge in [-0.2, -0.15) is 0 Å². The van der Waals surface area contributed by atoms with Gasteiger partial charge in [-0.15, -0.1) is 0 Å². The van der Waals surface area contributed by atoms with Crippen LogP contribution in [0.4, 0.5) is 0 Å². The van der Waals surface area contributed by atoms with Crippen LogP contribution < -0.4 is 15.2 Å². The van der Waals surface area contributed by atoms with Crippen molar-refractivity contribution < 1.29 is 14.3 Å². The maximum Gasteiger partial charge on any atom is 0.241 e. The van der Waals surface area contributed by atoms with E-state index in [2.05, 4.69) is 15.9 Å². The average molecular weight is 286 g/mol. The molecule has 0 fully saturated rings. The second-order valence-electron chi connectivity index (χ2n) is 2.98. The highest BCUT2D eigenvalue weighted by atomic mass is 79.9. The first-order chi connectivity index (χ1) is 7.58. The Balaban J connectivity index is 3.16. The van der Waals surface area contributed by atoms with Crippen LogP contribution >= 0.6 is 15.9 Å². The number of carbonyl (C=O) groups is 1. The molecule has 4 nitrogen and oxygen atoms in total. The summed E-state index contributed by atoms with van der Waals surface area (Å²) in [6.45, 7) is 0. The smallest absolute Gasteiger partial charge is 0.241 e. The van der Waals surface area contributed by atoms with Gasteiger partial charge < -0.3 is 15.2 Å². The molecule has 0 aliphatic heterocycles. The number of methoxy groups -OCH3 is 2. The predicted molar refractivity (Wildman–Crippen MR) is 65.5 cm³/mol. The van der Waals surface area contributed by atoms with Gasteiger partial charge in [0, 0.05) is 6.08 Å². The van der Waals surface area contributed by atoms with Gasteiger partial charge in [0.25, 0.3) is 0 Å². The van der Waals surface area contributed by atoms with Crippen molar-refractivity contribution in [3.8, 4) is 11.5 Å². The predicted octanol–water partition coefficient (Wildman–Crippen LogP) is 1.96. The molecule has 0 atom stereocenters. The summed E-state index contributed by atoms with van der Waals surface area (Å²) in [5.74, 6) is 0.757. The van der Waals surface area contributed by atoms with Crippen LogP contribution in [0.15, 0.2) is 22.7 Å². The Morgan fingerprint density at radius 3 is 2.19 bits per heavy atom. The lowest BCUT2D eigenvalue weighted by molar-refractivity contribution is -0.113. The van der Waals surface area contributed by atoms with Crippen LogP contribution in [0.5, 0.6) is 11.5 Å². The number of halogens is 1. The molecule has 0 radical (unpaired) electrons. The zero-order chi connectivity index (χ0) is 12.1. The van der Waals surface area contributed by atoms with Gasteiger partial charge in [0.2, 0.25) is 5.91 Å². The molecule has 2 N–H and O–H groups in total. The van der Waals surface area contributed by atoms with Crippen LogP contribution in [0.2, 0.25) is 0 Å². The molecule has 5 heteroatoms. The first-order valence-electron chi connectivity index (χ1n) is 4.47. The van der Waals surface area contributed by atoms with Crippen molar-refractivity contribution in [2.75, 3.05) is 14.2 Å². The van der Waals surface area contributed by atoms with Crippen molar-refractivity contribution in [2.45, 2.75) is 0 Å². The molecule has 0 bridgehead atoms. The maximum atomic E-state index is 10.6. The monoisotopic (exact) mass is 285 g/mol. The van der Waals surface area contributed by atoms with Crippen molar-refractivity contribution in [1.82, 2.24) is 0 Å². The van der Waals surface area contributed by atoms with Crippen LogP contribution in [0.25, 0.3) is 6.08 Å². The Morgan fingerprint density at radius 2 is 1.81 bits per heavy atom. The number of rotatable bonds is 4. The summed E-state index contributed by atoms with van der Waals surface area (Å²) < 4.78 is 11.0. The topological polar surface area (TPSA) is 61.5 Å². The van der Waals surface area contributed by atoms with Gasteiger partial charge in [-0.25, -0.2) is 0 Å². The van der Waals surface area contributed by atoms with Gasteiger partial charge >= 0.3 is 0 Å². The maximum absolute atomic E-state index is 10.6. The Kier molecular flexibility index (Phi) is 4.37. The van der Waals surface area contributed by atoms with E-state index >= 15 is 0 Å². The second kappa shape index (κ2) is 5.55. The minimum Gasteiger partial charge on any atom is -0.495 e. The van der Waals surface area contributed by atoms with E-state index in [0.717, 1.165) is 10.0 Å². The summed E-state index contributed by atoms with van der Waals surface area (Å²) >= 11 is 3.35. The third kappa shape index (κ3) is 3.00. The molecule has 0 saturated carbocycles. The molecule has 0 aliphatic carbocycles. The van der Waals surface area contributed by atoms with Crippen molar-refractivity contribution in [3.05, 3.63) is 28.2 Å². The van der Waals surface area contributed by atoms with Crippen molar-refractivity contribution >= 4 is 27.9 Å². The first-order valence-corrected chi connectivity index (χ1v) is 5.26. The van der Waals surface area contributed by atoms with E-state index in [1.807, 2.05) is 0 Å². The Morgan fingerprint density at radius 1 is 1.31 bits per heavy atom. The minimum absolute atomic E-state index is 0.499. The van der Waals surface area contributed by atoms with E-state index in [-0.39, 0.29) is 0 Å². The molecule has 1 rings (SSSR count). The molecule has 86 valence electrons. The van der Waals surface area contributed by atoms with E-state index in [1.165, 1.54) is 6.08 Å². The number of ether oxygens (including phenoxy) is 2. The van der Waals surface area contributed by atoms with Gasteiger partial charge in [-0.1, -0.05) is 0 Å². The molecule has 16 heavy (non-hydrogen) atoms. The molecular formula is C11H12BrNO3. The van der Waals surface area contributed by atoms with Gasteiger partial charge in [0.05, 0.1) is 14.2 Å². The van der Waals surface area contributed by atoms with Crippen LogP contribution in [-0.2, 0) is 4.79 Å². The van der Waals surface area contributed by atoms with E-state index < -0.39 is 5.91 Å². The number of benzene rings is 1. The van der Waals surface area contributed by atoms with Crippen molar-refractivity contribution in [1.29, 1.82) is 0 Å². The molecule has 1 aromatic carbocycles. The summed E-state index contributed by atoms with van der Waals surface area (Å²) in [5, 5.41) is 0. The molecular weight excluding hydrogens is 274 g/mol. The highest BCUT2D eigenvalue weighted by Crippen LogP contribution is 2.35. The lowest BCUT2D eigenvalue weighted by Gasteiger charge is -2.09. The lowest BCUT2D eigenvalue weighted by Crippen LogP contribution is -2.05. The molecule has 0 saturated heterocycles. The average Bonchev–Trinajstić information content (AvgIpc) is 2.27. The highest BCUT2D eigenvalue weighted by Gasteiger charge is 2.08. The highest BCUT2D eigenvalue weighted by molar-refractivity contribution is 9.10. The standard InChI is InChI=1S/C11H12BrNO3/c1-15-8-5-7(3-4-10(13)14)6-9(16-2)11(8)12/h3-6H,1-2H3,(H2,13,14). The van der Waals surface area contributed by atoms with Crippen molar-refractivity contribution in [3.63, 3.8) is 0 Å². The summed E-state index contributed by atoms with van der Waals surface area (Å²) in [5.41, 5.74) is 5.79. The molecule has 1 amide bonds. The largest absolute Gasteiger partial charge is 0.495 e. The number of hydrogen-bond donors (Lipinski definition) is 1. The van der Waals surface area contributed by atoms with E-state index in [1.54, 1.807) is 32.4 Å². The normalized spacial score (nSPS) is 10.4. The lowest BCUT2D eigenvalue weighted by atomic mass is 10.2. The molecule has 0 heterocycles. The SMILES string of the molecule is COc1cc(C=CC(N)=O)cc(OC)c1Br. The summed E-state index contributed by atoms with van der Waals surface area (Å²) in [4.78, 5) is 10.6. The van der Waals surface area contributed by atoms with Crippen LogP contribution in [0.3, 0.4) is 0 Å². The first kappa shape index (κ1) is 12.6. The zero-order valence-electron chi connectivity index (χ0n) is 8.99. The second-order valence-corrected chi connectivity index (χ2v) is 3.77. The fourth-order valence-electron chi connectivity index (χ4n) is 1.16. The van der Waals surface area contributed by atoms with E-state index in [0.29, 0.717) is 11.5 Å². The molecule has 0 aromatic heterocycles. The number of carbonyl (C=O) groups excluding carboxylic acids is 1. The Bertz CT molecular complexity index is 404. The van der Waals surface area contributed by atoms with Crippen LogP contribution in [0.1, 0.15) is 5.56 Å². The number of primary amides is 1. The summed E-state index contributed by atoms with van der Waals surface area (Å²) in [6.07, 6.45) is 2.88. The van der Waals surface area contributed by atoms with Crippen LogP contribution in [-0.4, -0.2) is 20.1 Å². The molecule has 0 aliphatic rings. The van der Waals surface area contributed by atoms with Crippen LogP contribution in [0, 0.1) is 0 Å². The zero-order valence-corrected chi connectivity index (χ0v) is 10.6. The van der Waals surface area contributed by atoms with Gasteiger partial charge in [0.1, 0.15) is 16.0 Å². The van der Waals surface area contributed by atoms with Gasteiger partial charge in [0.15, 0.2) is 0 Å². The fraction of sp³-hybridized carbons (Fsp3) is 0.182. The number of nitrogens with two attached hydrogens (primary N) is 1. The quantitative estimate of drug-likeness (QED) is 0.861. The van der Waals surface area contributed by atoms with E-state index in [4.69, 9.17) is 15.2 Å². The fourth-order valence-corrected chi connectivity index (χ4v) is 1.72. The number of hydrogen-bond acceptors (Lipinski definition) is 3. The molecule has 0 spiro atoms. The molecule has 0 unspecified atom stereocenters.